The standard InChI is InChI=1S/C9H7ClF3N3O/c10-6-4-8-7(3-5(6)9(11,12)13)14-15-16(8)1-2-17/h3-4,17H,1-2H2. The number of benzene rings is 1. The molecule has 0 saturated heterocycles. The maximum Gasteiger partial charge on any atom is 0.417 e. The van der Waals surface area contributed by atoms with Crippen LogP contribution in [-0.2, 0) is 12.7 Å². The van der Waals surface area contributed by atoms with Crippen molar-refractivity contribution in [1.29, 1.82) is 0 Å². The highest BCUT2D eigenvalue weighted by Gasteiger charge is 2.34. The van der Waals surface area contributed by atoms with Crippen molar-refractivity contribution in [3.05, 3.63) is 22.7 Å². The molecule has 1 heterocycles. The fourth-order valence-electron chi connectivity index (χ4n) is 1.47. The SMILES string of the molecule is OCCn1nnc2cc(C(F)(F)F)c(Cl)cc21. The Balaban J connectivity index is 2.60. The lowest BCUT2D eigenvalue weighted by atomic mass is 10.2. The van der Waals surface area contributed by atoms with Gasteiger partial charge in [0, 0.05) is 0 Å². The molecule has 1 aromatic carbocycles. The number of halogens is 4. The Morgan fingerprint density at radius 2 is 2.06 bits per heavy atom. The summed E-state index contributed by atoms with van der Waals surface area (Å²) in [4.78, 5) is 0. The number of aliphatic hydroxyl groups excluding tert-OH is 1. The van der Waals surface area contributed by atoms with E-state index in [9.17, 15) is 13.2 Å². The van der Waals surface area contributed by atoms with E-state index in [1.54, 1.807) is 0 Å². The minimum absolute atomic E-state index is 0.0928. The van der Waals surface area contributed by atoms with Gasteiger partial charge in [0.15, 0.2) is 0 Å². The van der Waals surface area contributed by atoms with Gasteiger partial charge in [0.25, 0.3) is 0 Å². The van der Waals surface area contributed by atoms with Gasteiger partial charge in [-0.25, -0.2) is 4.68 Å². The summed E-state index contributed by atoms with van der Waals surface area (Å²) in [7, 11) is 0. The number of rotatable bonds is 2. The van der Waals surface area contributed by atoms with E-state index in [1.165, 1.54) is 4.68 Å². The number of aliphatic hydroxyl groups is 1. The fraction of sp³-hybridized carbons (Fsp3) is 0.333. The molecule has 0 unspecified atom stereocenters. The maximum atomic E-state index is 12.6. The molecule has 2 rings (SSSR count). The van der Waals surface area contributed by atoms with Crippen LogP contribution in [0.2, 0.25) is 5.02 Å². The molecule has 92 valence electrons. The molecule has 0 aliphatic heterocycles. The summed E-state index contributed by atoms with van der Waals surface area (Å²) in [6, 6.07) is 1.99. The van der Waals surface area contributed by atoms with E-state index in [-0.39, 0.29) is 18.7 Å². The minimum atomic E-state index is -4.52. The first-order chi connectivity index (χ1) is 7.93. The maximum absolute atomic E-state index is 12.6. The van der Waals surface area contributed by atoms with Crippen molar-refractivity contribution in [2.45, 2.75) is 12.7 Å². The predicted molar refractivity (Wildman–Crippen MR) is 54.6 cm³/mol. The van der Waals surface area contributed by atoms with Crippen LogP contribution in [0, 0.1) is 0 Å². The third-order valence-electron chi connectivity index (χ3n) is 2.22. The van der Waals surface area contributed by atoms with Gasteiger partial charge in [-0.05, 0) is 12.1 Å². The molecule has 0 bridgehead atoms. The van der Waals surface area contributed by atoms with Crippen LogP contribution in [0.25, 0.3) is 11.0 Å². The summed E-state index contributed by atoms with van der Waals surface area (Å²) < 4.78 is 38.9. The van der Waals surface area contributed by atoms with Crippen molar-refractivity contribution in [3.63, 3.8) is 0 Å². The molecule has 4 nitrogen and oxygen atoms in total. The topological polar surface area (TPSA) is 50.9 Å². The van der Waals surface area contributed by atoms with Gasteiger partial charge in [-0.3, -0.25) is 0 Å². The molecule has 0 spiro atoms. The van der Waals surface area contributed by atoms with Crippen molar-refractivity contribution in [2.24, 2.45) is 0 Å². The Bertz CT molecular complexity index is 552. The summed E-state index contributed by atoms with van der Waals surface area (Å²) in [5.41, 5.74) is -0.491. The third-order valence-corrected chi connectivity index (χ3v) is 2.53. The molecule has 0 saturated carbocycles. The van der Waals surface area contributed by atoms with Gasteiger partial charge in [-0.15, -0.1) is 5.10 Å². The van der Waals surface area contributed by atoms with E-state index in [4.69, 9.17) is 16.7 Å². The minimum Gasteiger partial charge on any atom is -0.394 e. The molecule has 1 N–H and O–H groups in total. The summed E-state index contributed by atoms with van der Waals surface area (Å²) in [5.74, 6) is 0. The number of fused-ring (bicyclic) bond motifs is 1. The van der Waals surface area contributed by atoms with E-state index in [1.807, 2.05) is 0 Å². The largest absolute Gasteiger partial charge is 0.417 e. The van der Waals surface area contributed by atoms with E-state index in [2.05, 4.69) is 10.3 Å². The Hall–Kier alpha value is -1.34. The first-order valence-electron chi connectivity index (χ1n) is 4.64. The van der Waals surface area contributed by atoms with Crippen LogP contribution in [0.3, 0.4) is 0 Å². The summed E-state index contributed by atoms with van der Waals surface area (Å²) in [5, 5.41) is 15.6. The monoisotopic (exact) mass is 265 g/mol. The molecule has 0 amide bonds. The Kier molecular flexibility index (Phi) is 2.96. The van der Waals surface area contributed by atoms with Gasteiger partial charge in [0.1, 0.15) is 5.52 Å². The molecule has 8 heteroatoms. The van der Waals surface area contributed by atoms with Gasteiger partial charge in [-0.2, -0.15) is 13.2 Å². The molecule has 1 aromatic heterocycles. The lowest BCUT2D eigenvalue weighted by molar-refractivity contribution is -0.137. The second-order valence-corrected chi connectivity index (χ2v) is 3.76. The second-order valence-electron chi connectivity index (χ2n) is 3.35. The van der Waals surface area contributed by atoms with Crippen LogP contribution in [0.5, 0.6) is 0 Å². The molecule has 0 radical (unpaired) electrons. The Morgan fingerprint density at radius 1 is 1.35 bits per heavy atom. The van der Waals surface area contributed by atoms with Crippen molar-refractivity contribution < 1.29 is 18.3 Å². The van der Waals surface area contributed by atoms with Crippen LogP contribution in [-0.4, -0.2) is 26.7 Å². The van der Waals surface area contributed by atoms with Crippen LogP contribution in [0.4, 0.5) is 13.2 Å². The highest BCUT2D eigenvalue weighted by molar-refractivity contribution is 6.32. The van der Waals surface area contributed by atoms with E-state index >= 15 is 0 Å². The highest BCUT2D eigenvalue weighted by atomic mass is 35.5. The van der Waals surface area contributed by atoms with E-state index in [0.29, 0.717) is 5.52 Å². The molecular formula is C9H7ClF3N3O. The zero-order valence-corrected chi connectivity index (χ0v) is 9.13. The fourth-order valence-corrected chi connectivity index (χ4v) is 1.73. The summed E-state index contributed by atoms with van der Waals surface area (Å²) in [6.07, 6.45) is -4.52. The molecule has 0 fully saturated rings. The number of aromatic nitrogens is 3. The molecular weight excluding hydrogens is 259 g/mol. The van der Waals surface area contributed by atoms with Crippen LogP contribution in [0.1, 0.15) is 5.56 Å². The highest BCUT2D eigenvalue weighted by Crippen LogP contribution is 2.36. The zero-order chi connectivity index (χ0) is 12.6. The molecule has 0 aliphatic carbocycles. The summed E-state index contributed by atoms with van der Waals surface area (Å²) in [6.45, 7) is -0.0324. The van der Waals surface area contributed by atoms with E-state index < -0.39 is 16.8 Å². The smallest absolute Gasteiger partial charge is 0.394 e. The molecule has 2 aromatic rings. The zero-order valence-electron chi connectivity index (χ0n) is 8.37. The van der Waals surface area contributed by atoms with Gasteiger partial charge >= 0.3 is 6.18 Å². The van der Waals surface area contributed by atoms with Gasteiger partial charge in [-0.1, -0.05) is 16.8 Å². The molecule has 0 aliphatic rings. The first kappa shape index (κ1) is 12.1. The lowest BCUT2D eigenvalue weighted by Gasteiger charge is -2.08. The second kappa shape index (κ2) is 4.15. The third kappa shape index (κ3) is 2.20. The van der Waals surface area contributed by atoms with Crippen LogP contribution < -0.4 is 0 Å². The van der Waals surface area contributed by atoms with Gasteiger partial charge in [0.05, 0.1) is 29.3 Å². The van der Waals surface area contributed by atoms with E-state index in [0.717, 1.165) is 12.1 Å². The van der Waals surface area contributed by atoms with Crippen molar-refractivity contribution >= 4 is 22.6 Å². The van der Waals surface area contributed by atoms with Crippen molar-refractivity contribution in [1.82, 2.24) is 15.0 Å². The quantitative estimate of drug-likeness (QED) is 0.905. The number of nitrogens with zero attached hydrogens (tertiary/aromatic N) is 3. The van der Waals surface area contributed by atoms with Crippen molar-refractivity contribution in [3.8, 4) is 0 Å². The number of hydrogen-bond acceptors (Lipinski definition) is 3. The number of alkyl halides is 3. The lowest BCUT2D eigenvalue weighted by Crippen LogP contribution is -2.07. The average Bonchev–Trinajstić information content (AvgIpc) is 2.59. The van der Waals surface area contributed by atoms with Gasteiger partial charge < -0.3 is 5.11 Å². The van der Waals surface area contributed by atoms with Gasteiger partial charge in [0.2, 0.25) is 0 Å². The Labute approximate surface area is 98.6 Å². The normalized spacial score (nSPS) is 12.3. The first-order valence-corrected chi connectivity index (χ1v) is 5.02. The Morgan fingerprint density at radius 3 is 2.65 bits per heavy atom. The van der Waals surface area contributed by atoms with Crippen LogP contribution in [0.15, 0.2) is 12.1 Å². The number of hydrogen-bond donors (Lipinski definition) is 1. The molecule has 17 heavy (non-hydrogen) atoms. The predicted octanol–water partition coefficient (Wildman–Crippen LogP) is 2.10. The van der Waals surface area contributed by atoms with Crippen LogP contribution >= 0.6 is 11.6 Å². The average molecular weight is 266 g/mol. The summed E-state index contributed by atoms with van der Waals surface area (Å²) >= 11 is 5.57. The molecule has 0 atom stereocenters. The van der Waals surface area contributed by atoms with Crippen molar-refractivity contribution in [2.75, 3.05) is 6.61 Å².